The van der Waals surface area contributed by atoms with Gasteiger partial charge in [-0.3, -0.25) is 9.59 Å². The molecule has 0 saturated heterocycles. The first-order valence-electron chi connectivity index (χ1n) is 11.0. The highest BCUT2D eigenvalue weighted by Crippen LogP contribution is 2.26. The van der Waals surface area contributed by atoms with Crippen LogP contribution in [0.15, 0.2) is 84.9 Å². The van der Waals surface area contributed by atoms with E-state index in [0.717, 1.165) is 24.2 Å². The fourth-order valence-electron chi connectivity index (χ4n) is 3.97. The third-order valence-electron chi connectivity index (χ3n) is 5.70. The lowest BCUT2D eigenvalue weighted by molar-refractivity contribution is -0.125. The van der Waals surface area contributed by atoms with Gasteiger partial charge in [-0.2, -0.15) is 11.8 Å². The SMILES string of the molecule is O=C(NCCCc1ccccc1)C(CSCc1ccccc1)N1Cc2ccccc2C1=O. The molecular weight excluding hydrogens is 416 g/mol. The molecular formula is C27H28N2O2S. The molecule has 3 aromatic carbocycles. The molecule has 1 unspecified atom stereocenters. The van der Waals surface area contributed by atoms with Gasteiger partial charge in [0.1, 0.15) is 6.04 Å². The third-order valence-corrected chi connectivity index (χ3v) is 6.79. The first-order chi connectivity index (χ1) is 15.7. The highest BCUT2D eigenvalue weighted by molar-refractivity contribution is 7.98. The standard InChI is InChI=1S/C27H28N2O2S/c30-26(28-17-9-14-21-10-3-1-4-11-21)25(20-32-19-22-12-5-2-6-13-22)29-18-23-15-7-8-16-24(23)27(29)31/h1-8,10-13,15-16,25H,9,14,17-20H2,(H,28,30). The molecule has 5 heteroatoms. The molecule has 0 radical (unpaired) electrons. The van der Waals surface area contributed by atoms with E-state index in [0.29, 0.717) is 24.4 Å². The predicted octanol–water partition coefficient (Wildman–Crippen LogP) is 4.69. The van der Waals surface area contributed by atoms with Crippen molar-refractivity contribution in [2.24, 2.45) is 0 Å². The normalized spacial score (nSPS) is 13.6. The molecule has 2 amide bonds. The summed E-state index contributed by atoms with van der Waals surface area (Å²) in [4.78, 5) is 27.9. The molecule has 0 aliphatic carbocycles. The van der Waals surface area contributed by atoms with Crippen molar-refractivity contribution in [1.82, 2.24) is 10.2 Å². The van der Waals surface area contributed by atoms with Crippen molar-refractivity contribution >= 4 is 23.6 Å². The van der Waals surface area contributed by atoms with Crippen LogP contribution < -0.4 is 5.32 Å². The van der Waals surface area contributed by atoms with Gasteiger partial charge in [-0.25, -0.2) is 0 Å². The quantitative estimate of drug-likeness (QED) is 0.462. The highest BCUT2D eigenvalue weighted by Gasteiger charge is 2.35. The van der Waals surface area contributed by atoms with E-state index >= 15 is 0 Å². The molecule has 0 spiro atoms. The first kappa shape index (κ1) is 22.2. The summed E-state index contributed by atoms with van der Waals surface area (Å²) in [5, 5.41) is 3.08. The van der Waals surface area contributed by atoms with E-state index in [1.165, 1.54) is 11.1 Å². The van der Waals surface area contributed by atoms with E-state index in [1.54, 1.807) is 16.7 Å². The Kier molecular flexibility index (Phi) is 7.62. The first-order valence-corrected chi connectivity index (χ1v) is 12.2. The summed E-state index contributed by atoms with van der Waals surface area (Å²) in [5.74, 6) is 1.26. The summed E-state index contributed by atoms with van der Waals surface area (Å²) in [7, 11) is 0. The van der Waals surface area contributed by atoms with Gasteiger partial charge in [0.2, 0.25) is 5.91 Å². The Morgan fingerprint density at radius 1 is 0.906 bits per heavy atom. The van der Waals surface area contributed by atoms with Crippen molar-refractivity contribution in [2.45, 2.75) is 31.2 Å². The number of nitrogens with zero attached hydrogens (tertiary/aromatic N) is 1. The minimum absolute atomic E-state index is 0.0506. The van der Waals surface area contributed by atoms with Gasteiger partial charge in [0, 0.05) is 30.2 Å². The maximum atomic E-state index is 13.2. The van der Waals surface area contributed by atoms with Crippen LogP contribution in [0.25, 0.3) is 0 Å². The molecule has 1 atom stereocenters. The maximum Gasteiger partial charge on any atom is 0.255 e. The minimum atomic E-state index is -0.486. The Morgan fingerprint density at radius 2 is 1.56 bits per heavy atom. The molecule has 1 N–H and O–H groups in total. The second-order valence-corrected chi connectivity index (χ2v) is 9.02. The van der Waals surface area contributed by atoms with E-state index in [4.69, 9.17) is 0 Å². The zero-order valence-electron chi connectivity index (χ0n) is 18.1. The smallest absolute Gasteiger partial charge is 0.255 e. The molecule has 0 aromatic heterocycles. The maximum absolute atomic E-state index is 13.2. The van der Waals surface area contributed by atoms with Gasteiger partial charge < -0.3 is 10.2 Å². The molecule has 164 valence electrons. The molecule has 3 aromatic rings. The largest absolute Gasteiger partial charge is 0.354 e. The van der Waals surface area contributed by atoms with E-state index in [2.05, 4.69) is 29.6 Å². The van der Waals surface area contributed by atoms with Crippen molar-refractivity contribution in [3.8, 4) is 0 Å². The van der Waals surface area contributed by atoms with Crippen molar-refractivity contribution in [3.05, 3.63) is 107 Å². The molecule has 1 heterocycles. The van der Waals surface area contributed by atoms with E-state index < -0.39 is 6.04 Å². The Hall–Kier alpha value is -3.05. The van der Waals surface area contributed by atoms with E-state index in [1.807, 2.05) is 60.7 Å². The predicted molar refractivity (Wildman–Crippen MR) is 130 cm³/mol. The zero-order chi connectivity index (χ0) is 22.2. The minimum Gasteiger partial charge on any atom is -0.354 e. The van der Waals surface area contributed by atoms with E-state index in [9.17, 15) is 9.59 Å². The molecule has 1 aliphatic heterocycles. The van der Waals surface area contributed by atoms with Gasteiger partial charge in [-0.15, -0.1) is 0 Å². The van der Waals surface area contributed by atoms with Crippen molar-refractivity contribution in [1.29, 1.82) is 0 Å². The summed E-state index contributed by atoms with van der Waals surface area (Å²) >= 11 is 1.69. The summed E-state index contributed by atoms with van der Waals surface area (Å²) in [6.45, 7) is 1.09. The van der Waals surface area contributed by atoms with Gasteiger partial charge in [0.05, 0.1) is 0 Å². The summed E-state index contributed by atoms with van der Waals surface area (Å²) in [6.07, 6.45) is 1.79. The Balaban J connectivity index is 1.37. The summed E-state index contributed by atoms with van der Waals surface area (Å²) in [5.41, 5.74) is 4.19. The number of aryl methyl sites for hydroxylation is 1. The summed E-state index contributed by atoms with van der Waals surface area (Å²) in [6, 6.07) is 27.6. The van der Waals surface area contributed by atoms with Gasteiger partial charge in [-0.05, 0) is 35.6 Å². The van der Waals surface area contributed by atoms with Crippen LogP contribution in [0.3, 0.4) is 0 Å². The monoisotopic (exact) mass is 444 g/mol. The lowest BCUT2D eigenvalue weighted by Gasteiger charge is -2.27. The Labute approximate surface area is 194 Å². The van der Waals surface area contributed by atoms with Gasteiger partial charge in [0.15, 0.2) is 0 Å². The number of hydrogen-bond acceptors (Lipinski definition) is 3. The zero-order valence-corrected chi connectivity index (χ0v) is 18.9. The molecule has 4 rings (SSSR count). The molecule has 32 heavy (non-hydrogen) atoms. The Morgan fingerprint density at radius 3 is 2.28 bits per heavy atom. The number of fused-ring (bicyclic) bond motifs is 1. The second kappa shape index (κ2) is 11.0. The fraction of sp³-hybridized carbons (Fsp3) is 0.259. The van der Waals surface area contributed by atoms with E-state index in [-0.39, 0.29) is 11.8 Å². The summed E-state index contributed by atoms with van der Waals surface area (Å²) < 4.78 is 0. The molecule has 4 nitrogen and oxygen atoms in total. The number of hydrogen-bond donors (Lipinski definition) is 1. The highest BCUT2D eigenvalue weighted by atomic mass is 32.2. The number of rotatable bonds is 10. The fourth-order valence-corrected chi connectivity index (χ4v) is 5.07. The van der Waals surface area contributed by atoms with Crippen LogP contribution in [0, 0.1) is 0 Å². The number of nitrogens with one attached hydrogen (secondary N) is 1. The number of thioether (sulfide) groups is 1. The molecule has 0 fully saturated rings. The number of carbonyl (C=O) groups excluding carboxylic acids is 2. The van der Waals surface area contributed by atoms with Crippen LogP contribution >= 0.6 is 11.8 Å². The lowest BCUT2D eigenvalue weighted by Crippen LogP contribution is -2.48. The number of amides is 2. The average Bonchev–Trinajstić information content (AvgIpc) is 3.17. The van der Waals surface area contributed by atoms with Crippen molar-refractivity contribution in [2.75, 3.05) is 12.3 Å². The average molecular weight is 445 g/mol. The number of carbonyl (C=O) groups is 2. The molecule has 0 saturated carbocycles. The third kappa shape index (κ3) is 5.60. The second-order valence-electron chi connectivity index (χ2n) is 7.99. The topological polar surface area (TPSA) is 49.4 Å². The Bertz CT molecular complexity index is 1040. The lowest BCUT2D eigenvalue weighted by atomic mass is 10.1. The van der Waals surface area contributed by atoms with Crippen LogP contribution in [0.1, 0.15) is 33.5 Å². The van der Waals surface area contributed by atoms with Gasteiger partial charge >= 0.3 is 0 Å². The van der Waals surface area contributed by atoms with Gasteiger partial charge in [0.25, 0.3) is 5.91 Å². The van der Waals surface area contributed by atoms with Crippen LogP contribution in [0.2, 0.25) is 0 Å². The van der Waals surface area contributed by atoms with Crippen LogP contribution in [0.4, 0.5) is 0 Å². The van der Waals surface area contributed by atoms with Gasteiger partial charge in [-0.1, -0.05) is 78.9 Å². The van der Waals surface area contributed by atoms with Crippen LogP contribution in [-0.4, -0.2) is 35.1 Å². The van der Waals surface area contributed by atoms with Crippen LogP contribution in [0.5, 0.6) is 0 Å². The number of benzene rings is 3. The van der Waals surface area contributed by atoms with Crippen molar-refractivity contribution in [3.63, 3.8) is 0 Å². The molecule has 0 bridgehead atoms. The van der Waals surface area contributed by atoms with Crippen molar-refractivity contribution < 1.29 is 9.59 Å². The van der Waals surface area contributed by atoms with Crippen LogP contribution in [-0.2, 0) is 23.5 Å². The molecule has 1 aliphatic rings.